The van der Waals surface area contributed by atoms with Crippen LogP contribution in [0.15, 0.2) is 48.5 Å². The molecule has 2 aromatic rings. The van der Waals surface area contributed by atoms with Crippen LogP contribution in [-0.4, -0.2) is 55.4 Å². The van der Waals surface area contributed by atoms with Crippen molar-refractivity contribution in [2.45, 2.75) is 25.7 Å². The van der Waals surface area contributed by atoms with Gasteiger partial charge >= 0.3 is 5.97 Å². The second-order valence-corrected chi connectivity index (χ2v) is 8.00. The first kappa shape index (κ1) is 19.9. The van der Waals surface area contributed by atoms with Crippen molar-refractivity contribution in [3.8, 4) is 0 Å². The van der Waals surface area contributed by atoms with Gasteiger partial charge < -0.3 is 19.6 Å². The van der Waals surface area contributed by atoms with E-state index in [2.05, 4.69) is 58.3 Å². The molecule has 0 radical (unpaired) electrons. The first-order valence-electron chi connectivity index (χ1n) is 10.7. The van der Waals surface area contributed by atoms with Crippen molar-refractivity contribution in [2.24, 2.45) is 5.92 Å². The first-order chi connectivity index (χ1) is 14.2. The number of carboxylic acids is 1. The van der Waals surface area contributed by atoms with Gasteiger partial charge in [-0.3, -0.25) is 4.79 Å². The number of para-hydroxylation sites is 2. The topological polar surface area (TPSA) is 53.0 Å². The quantitative estimate of drug-likeness (QED) is 0.725. The highest BCUT2D eigenvalue weighted by Crippen LogP contribution is 2.35. The third-order valence-corrected chi connectivity index (χ3v) is 6.09. The summed E-state index contributed by atoms with van der Waals surface area (Å²) in [6.07, 6.45) is 3.87. The van der Waals surface area contributed by atoms with E-state index >= 15 is 0 Å². The maximum absolute atomic E-state index is 11.2. The number of likely N-dealkylation sites (tertiary alicyclic amines) is 1. The van der Waals surface area contributed by atoms with Crippen LogP contribution in [0.3, 0.4) is 0 Å². The Morgan fingerprint density at radius 2 is 1.59 bits per heavy atom. The van der Waals surface area contributed by atoms with E-state index in [1.165, 1.54) is 22.5 Å². The number of ether oxygens (including phenoxy) is 1. The number of carboxylic acid groups (broad SMARTS) is 1. The van der Waals surface area contributed by atoms with E-state index in [9.17, 15) is 9.90 Å². The summed E-state index contributed by atoms with van der Waals surface area (Å²) in [5, 5.41) is 9.23. The van der Waals surface area contributed by atoms with E-state index in [0.29, 0.717) is 19.8 Å². The number of fused-ring (bicyclic) bond motifs is 2. The zero-order chi connectivity index (χ0) is 20.1. The lowest BCUT2D eigenvalue weighted by atomic mass is 9.98. The molecule has 0 amide bonds. The Kier molecular flexibility index (Phi) is 6.47. The van der Waals surface area contributed by atoms with Crippen LogP contribution in [0.2, 0.25) is 0 Å². The summed E-state index contributed by atoms with van der Waals surface area (Å²) < 4.78 is 5.97. The van der Waals surface area contributed by atoms with Crippen LogP contribution in [0.4, 0.5) is 11.4 Å². The Labute approximate surface area is 172 Å². The average molecular weight is 395 g/mol. The molecule has 1 atom stereocenters. The number of nitrogens with zero attached hydrogens (tertiary/aromatic N) is 2. The van der Waals surface area contributed by atoms with Gasteiger partial charge in [-0.2, -0.15) is 0 Å². The van der Waals surface area contributed by atoms with Gasteiger partial charge in [-0.15, -0.1) is 0 Å². The maximum atomic E-state index is 11.2. The van der Waals surface area contributed by atoms with Crippen molar-refractivity contribution < 1.29 is 14.6 Å². The number of aryl methyl sites for hydroxylation is 2. The van der Waals surface area contributed by atoms with Gasteiger partial charge in [0.2, 0.25) is 0 Å². The summed E-state index contributed by atoms with van der Waals surface area (Å²) >= 11 is 0. The molecule has 154 valence electrons. The number of hydrogen-bond donors (Lipinski definition) is 1. The van der Waals surface area contributed by atoms with E-state index in [1.54, 1.807) is 0 Å². The summed E-state index contributed by atoms with van der Waals surface area (Å²) in [4.78, 5) is 15.8. The van der Waals surface area contributed by atoms with Crippen LogP contribution >= 0.6 is 0 Å². The summed E-state index contributed by atoms with van der Waals surface area (Å²) in [6, 6.07) is 17.3. The molecule has 1 N–H and O–H groups in total. The zero-order valence-corrected chi connectivity index (χ0v) is 16.9. The fraction of sp³-hybridized carbons (Fsp3) is 0.458. The average Bonchev–Trinajstić information content (AvgIpc) is 2.91. The molecule has 5 nitrogen and oxygen atoms in total. The van der Waals surface area contributed by atoms with E-state index in [0.717, 1.165) is 45.3 Å². The van der Waals surface area contributed by atoms with Gasteiger partial charge in [0, 0.05) is 31.0 Å². The van der Waals surface area contributed by atoms with Crippen molar-refractivity contribution >= 4 is 17.3 Å². The smallest absolute Gasteiger partial charge is 0.307 e. The third-order valence-electron chi connectivity index (χ3n) is 6.09. The minimum atomic E-state index is -0.672. The third kappa shape index (κ3) is 4.80. The van der Waals surface area contributed by atoms with Gasteiger partial charge in [0.05, 0.1) is 19.1 Å². The van der Waals surface area contributed by atoms with Crippen LogP contribution in [0.1, 0.15) is 24.0 Å². The Balaban J connectivity index is 1.33. The minimum Gasteiger partial charge on any atom is -0.481 e. The zero-order valence-electron chi connectivity index (χ0n) is 16.9. The Morgan fingerprint density at radius 1 is 0.966 bits per heavy atom. The molecule has 1 fully saturated rings. The number of hydrogen-bond acceptors (Lipinski definition) is 4. The second-order valence-electron chi connectivity index (χ2n) is 8.00. The molecule has 2 heterocycles. The molecule has 2 aliphatic rings. The van der Waals surface area contributed by atoms with Crippen LogP contribution in [0, 0.1) is 5.92 Å². The minimum absolute atomic E-state index is 0.228. The van der Waals surface area contributed by atoms with Crippen LogP contribution in [0.25, 0.3) is 0 Å². The lowest BCUT2D eigenvalue weighted by Gasteiger charge is -2.30. The Hall–Kier alpha value is -2.37. The summed E-state index contributed by atoms with van der Waals surface area (Å²) in [6.45, 7) is 4.52. The predicted molar refractivity (Wildman–Crippen MR) is 115 cm³/mol. The molecule has 0 unspecified atom stereocenters. The lowest BCUT2D eigenvalue weighted by molar-refractivity contribution is -0.143. The summed E-state index contributed by atoms with van der Waals surface area (Å²) in [7, 11) is 0. The highest BCUT2D eigenvalue weighted by Gasteiger charge is 2.25. The monoisotopic (exact) mass is 394 g/mol. The van der Waals surface area contributed by atoms with E-state index in [4.69, 9.17) is 4.74 Å². The standard InChI is InChI=1S/C24H30N2O3/c27-24(28)21-8-5-13-25(18-21)14-16-29-17-15-26-22-9-3-1-6-19(22)11-12-20-7-2-4-10-23(20)26/h1-4,6-7,9-10,21H,5,8,11-18H2,(H,27,28)/t21-/m1/s1. The number of piperidine rings is 1. The molecule has 1 saturated heterocycles. The van der Waals surface area contributed by atoms with Crippen LogP contribution in [0.5, 0.6) is 0 Å². The van der Waals surface area contributed by atoms with Crippen molar-refractivity contribution in [3.63, 3.8) is 0 Å². The number of anilines is 2. The molecule has 0 bridgehead atoms. The van der Waals surface area contributed by atoms with Gasteiger partial charge in [-0.05, 0) is 55.5 Å². The summed E-state index contributed by atoms with van der Waals surface area (Å²) in [5.41, 5.74) is 5.33. The highest BCUT2D eigenvalue weighted by molar-refractivity contribution is 5.71. The largest absolute Gasteiger partial charge is 0.481 e. The van der Waals surface area contributed by atoms with Gasteiger partial charge in [-0.25, -0.2) is 0 Å². The van der Waals surface area contributed by atoms with E-state index in [1.807, 2.05) is 0 Å². The van der Waals surface area contributed by atoms with Crippen molar-refractivity contribution in [2.75, 3.05) is 44.3 Å². The fourth-order valence-electron chi connectivity index (χ4n) is 4.52. The van der Waals surface area contributed by atoms with Crippen LogP contribution < -0.4 is 4.90 Å². The number of rotatable bonds is 7. The fourth-order valence-corrected chi connectivity index (χ4v) is 4.52. The SMILES string of the molecule is O=C(O)[C@@H]1CCCN(CCOCCN2c3ccccc3CCc3ccccc32)C1. The highest BCUT2D eigenvalue weighted by atomic mass is 16.5. The number of aliphatic carboxylic acids is 1. The van der Waals surface area contributed by atoms with E-state index < -0.39 is 5.97 Å². The number of benzene rings is 2. The molecule has 0 saturated carbocycles. The van der Waals surface area contributed by atoms with Gasteiger partial charge in [-0.1, -0.05) is 36.4 Å². The van der Waals surface area contributed by atoms with Crippen LogP contribution in [-0.2, 0) is 22.4 Å². The molecule has 2 aliphatic heterocycles. The molecular weight excluding hydrogens is 364 g/mol. The maximum Gasteiger partial charge on any atom is 0.307 e. The van der Waals surface area contributed by atoms with Gasteiger partial charge in [0.1, 0.15) is 0 Å². The molecule has 5 heteroatoms. The molecule has 29 heavy (non-hydrogen) atoms. The second kappa shape index (κ2) is 9.42. The lowest BCUT2D eigenvalue weighted by Crippen LogP contribution is -2.40. The molecule has 0 spiro atoms. The molecular formula is C24H30N2O3. The molecule has 0 aliphatic carbocycles. The Morgan fingerprint density at radius 3 is 2.24 bits per heavy atom. The normalized spacial score (nSPS) is 19.3. The van der Waals surface area contributed by atoms with Gasteiger partial charge in [0.25, 0.3) is 0 Å². The molecule has 0 aromatic heterocycles. The van der Waals surface area contributed by atoms with E-state index in [-0.39, 0.29) is 5.92 Å². The van der Waals surface area contributed by atoms with Crippen molar-refractivity contribution in [1.82, 2.24) is 4.90 Å². The first-order valence-corrected chi connectivity index (χ1v) is 10.7. The predicted octanol–water partition coefficient (Wildman–Crippen LogP) is 3.74. The molecule has 2 aromatic carbocycles. The van der Waals surface area contributed by atoms with Gasteiger partial charge in [0.15, 0.2) is 0 Å². The summed E-state index contributed by atoms with van der Waals surface area (Å²) in [5.74, 6) is -0.900. The Bertz CT molecular complexity index is 791. The molecule has 4 rings (SSSR count). The number of carbonyl (C=O) groups is 1. The van der Waals surface area contributed by atoms with Crippen molar-refractivity contribution in [3.05, 3.63) is 59.7 Å². The van der Waals surface area contributed by atoms with Crippen molar-refractivity contribution in [1.29, 1.82) is 0 Å².